The van der Waals surface area contributed by atoms with Crippen molar-refractivity contribution < 1.29 is 4.79 Å². The summed E-state index contributed by atoms with van der Waals surface area (Å²) < 4.78 is 1.61. The highest BCUT2D eigenvalue weighted by atomic mass is 16.2. The SMILES string of the molecule is CCn1ncc(N)c1C(=O)N(C)Cc1ccncc1. The molecule has 100 valence electrons. The van der Waals surface area contributed by atoms with E-state index in [2.05, 4.69) is 10.1 Å². The van der Waals surface area contributed by atoms with Gasteiger partial charge in [-0.25, -0.2) is 0 Å². The maximum atomic E-state index is 12.4. The fourth-order valence-corrected chi connectivity index (χ4v) is 1.89. The van der Waals surface area contributed by atoms with Gasteiger partial charge in [-0.3, -0.25) is 14.5 Å². The van der Waals surface area contributed by atoms with E-state index < -0.39 is 0 Å². The normalized spacial score (nSPS) is 10.4. The third-order valence-corrected chi connectivity index (χ3v) is 2.89. The second kappa shape index (κ2) is 5.51. The average Bonchev–Trinajstić information content (AvgIpc) is 2.80. The molecule has 19 heavy (non-hydrogen) atoms. The molecule has 0 radical (unpaired) electrons. The van der Waals surface area contributed by atoms with Crippen LogP contribution >= 0.6 is 0 Å². The minimum atomic E-state index is -0.131. The van der Waals surface area contributed by atoms with Crippen LogP contribution in [0.3, 0.4) is 0 Å². The van der Waals surface area contributed by atoms with Crippen molar-refractivity contribution in [1.29, 1.82) is 0 Å². The highest BCUT2D eigenvalue weighted by Crippen LogP contribution is 2.14. The summed E-state index contributed by atoms with van der Waals surface area (Å²) in [7, 11) is 1.75. The van der Waals surface area contributed by atoms with Gasteiger partial charge in [0.05, 0.1) is 11.9 Å². The lowest BCUT2D eigenvalue weighted by molar-refractivity contribution is 0.0774. The van der Waals surface area contributed by atoms with Crippen LogP contribution in [0.1, 0.15) is 23.0 Å². The Balaban J connectivity index is 2.17. The van der Waals surface area contributed by atoms with Crippen LogP contribution in [-0.4, -0.2) is 32.6 Å². The molecule has 0 spiro atoms. The summed E-state index contributed by atoms with van der Waals surface area (Å²) in [5, 5.41) is 4.08. The lowest BCUT2D eigenvalue weighted by atomic mass is 10.2. The maximum Gasteiger partial charge on any atom is 0.274 e. The molecule has 0 bridgehead atoms. The maximum absolute atomic E-state index is 12.4. The molecule has 2 rings (SSSR count). The molecule has 2 aromatic rings. The highest BCUT2D eigenvalue weighted by Gasteiger charge is 2.19. The van der Waals surface area contributed by atoms with Gasteiger partial charge in [-0.15, -0.1) is 0 Å². The van der Waals surface area contributed by atoms with Gasteiger partial charge >= 0.3 is 0 Å². The number of carbonyl (C=O) groups is 1. The van der Waals surface area contributed by atoms with Crippen molar-refractivity contribution in [2.24, 2.45) is 0 Å². The highest BCUT2D eigenvalue weighted by molar-refractivity contribution is 5.97. The largest absolute Gasteiger partial charge is 0.396 e. The minimum absolute atomic E-state index is 0.131. The summed E-state index contributed by atoms with van der Waals surface area (Å²) in [5.74, 6) is -0.131. The van der Waals surface area contributed by atoms with Gasteiger partial charge in [-0.2, -0.15) is 5.10 Å². The molecule has 0 aliphatic carbocycles. The van der Waals surface area contributed by atoms with Crippen molar-refractivity contribution in [1.82, 2.24) is 19.7 Å². The average molecular weight is 259 g/mol. The van der Waals surface area contributed by atoms with Crippen LogP contribution in [-0.2, 0) is 13.1 Å². The van der Waals surface area contributed by atoms with Crippen LogP contribution in [0.25, 0.3) is 0 Å². The number of pyridine rings is 1. The molecule has 0 aliphatic rings. The van der Waals surface area contributed by atoms with Gasteiger partial charge in [0, 0.05) is 32.5 Å². The van der Waals surface area contributed by atoms with E-state index in [1.165, 1.54) is 6.20 Å². The second-order valence-electron chi connectivity index (χ2n) is 4.28. The first-order valence-electron chi connectivity index (χ1n) is 6.09. The Morgan fingerprint density at radius 3 is 2.74 bits per heavy atom. The zero-order valence-electron chi connectivity index (χ0n) is 11.1. The molecule has 0 atom stereocenters. The zero-order chi connectivity index (χ0) is 13.8. The van der Waals surface area contributed by atoms with E-state index in [0.29, 0.717) is 24.5 Å². The number of aryl methyl sites for hydroxylation is 1. The predicted octanol–water partition coefficient (Wildman–Crippen LogP) is 1.15. The quantitative estimate of drug-likeness (QED) is 0.893. The number of nitrogen functional groups attached to an aromatic ring is 1. The summed E-state index contributed by atoms with van der Waals surface area (Å²) in [6.45, 7) is 3.04. The van der Waals surface area contributed by atoms with Gasteiger partial charge in [0.2, 0.25) is 0 Å². The first-order valence-corrected chi connectivity index (χ1v) is 6.09. The molecule has 6 heteroatoms. The molecule has 0 aliphatic heterocycles. The van der Waals surface area contributed by atoms with Gasteiger partial charge in [0.25, 0.3) is 5.91 Å². The van der Waals surface area contributed by atoms with Crippen LogP contribution in [0.2, 0.25) is 0 Å². The number of amides is 1. The van der Waals surface area contributed by atoms with Gasteiger partial charge in [0.1, 0.15) is 5.69 Å². The fourth-order valence-electron chi connectivity index (χ4n) is 1.89. The number of nitrogens with zero attached hydrogens (tertiary/aromatic N) is 4. The molecule has 2 aromatic heterocycles. The summed E-state index contributed by atoms with van der Waals surface area (Å²) in [6, 6.07) is 3.76. The van der Waals surface area contributed by atoms with Gasteiger partial charge in [0.15, 0.2) is 0 Å². The van der Waals surface area contributed by atoms with E-state index in [9.17, 15) is 4.79 Å². The van der Waals surface area contributed by atoms with Crippen molar-refractivity contribution in [3.63, 3.8) is 0 Å². The Bertz CT molecular complexity index is 564. The number of anilines is 1. The summed E-state index contributed by atoms with van der Waals surface area (Å²) in [4.78, 5) is 18.0. The number of hydrogen-bond acceptors (Lipinski definition) is 4. The van der Waals surface area contributed by atoms with E-state index in [0.717, 1.165) is 5.56 Å². The molecule has 6 nitrogen and oxygen atoms in total. The van der Waals surface area contributed by atoms with E-state index in [4.69, 9.17) is 5.73 Å². The van der Waals surface area contributed by atoms with E-state index >= 15 is 0 Å². The Morgan fingerprint density at radius 1 is 1.42 bits per heavy atom. The van der Waals surface area contributed by atoms with Crippen LogP contribution in [0.5, 0.6) is 0 Å². The van der Waals surface area contributed by atoms with E-state index in [1.807, 2.05) is 19.1 Å². The molecule has 0 fully saturated rings. The molecule has 0 saturated carbocycles. The molecule has 0 saturated heterocycles. The Hall–Kier alpha value is -2.37. The van der Waals surface area contributed by atoms with Gasteiger partial charge in [-0.05, 0) is 24.6 Å². The topological polar surface area (TPSA) is 77.0 Å². The number of rotatable bonds is 4. The number of carbonyl (C=O) groups excluding carboxylic acids is 1. The van der Waals surface area contributed by atoms with Crippen molar-refractivity contribution in [3.8, 4) is 0 Å². The predicted molar refractivity (Wildman–Crippen MR) is 72.3 cm³/mol. The number of aromatic nitrogens is 3. The van der Waals surface area contributed by atoms with Gasteiger partial charge in [-0.1, -0.05) is 0 Å². The third-order valence-electron chi connectivity index (χ3n) is 2.89. The smallest absolute Gasteiger partial charge is 0.274 e. The monoisotopic (exact) mass is 259 g/mol. The molecule has 2 N–H and O–H groups in total. The fraction of sp³-hybridized carbons (Fsp3) is 0.308. The Morgan fingerprint density at radius 2 is 2.11 bits per heavy atom. The van der Waals surface area contributed by atoms with Crippen molar-refractivity contribution >= 4 is 11.6 Å². The molecule has 0 aromatic carbocycles. The summed E-state index contributed by atoms with van der Waals surface area (Å²) in [6.07, 6.45) is 4.92. The van der Waals surface area contributed by atoms with Crippen LogP contribution in [0.4, 0.5) is 5.69 Å². The molecule has 2 heterocycles. The molecular formula is C13H17N5O. The van der Waals surface area contributed by atoms with Crippen molar-refractivity contribution in [2.75, 3.05) is 12.8 Å². The lowest BCUT2D eigenvalue weighted by Gasteiger charge is -2.18. The van der Waals surface area contributed by atoms with Crippen LogP contribution < -0.4 is 5.73 Å². The standard InChI is InChI=1S/C13H17N5O/c1-3-18-12(11(14)8-16-18)13(19)17(2)9-10-4-6-15-7-5-10/h4-8H,3,9,14H2,1-2H3. The molecular weight excluding hydrogens is 242 g/mol. The van der Waals surface area contributed by atoms with E-state index in [1.54, 1.807) is 29.0 Å². The summed E-state index contributed by atoms with van der Waals surface area (Å²) >= 11 is 0. The third kappa shape index (κ3) is 2.73. The number of nitrogens with two attached hydrogens (primary N) is 1. The molecule has 0 unspecified atom stereocenters. The van der Waals surface area contributed by atoms with Crippen LogP contribution in [0.15, 0.2) is 30.7 Å². The summed E-state index contributed by atoms with van der Waals surface area (Å²) in [5.41, 5.74) is 7.68. The zero-order valence-corrected chi connectivity index (χ0v) is 11.1. The van der Waals surface area contributed by atoms with Gasteiger partial charge < -0.3 is 10.6 Å². The first-order chi connectivity index (χ1) is 9.13. The minimum Gasteiger partial charge on any atom is -0.396 e. The Labute approximate surface area is 111 Å². The van der Waals surface area contributed by atoms with Crippen molar-refractivity contribution in [2.45, 2.75) is 20.0 Å². The van der Waals surface area contributed by atoms with E-state index in [-0.39, 0.29) is 5.91 Å². The number of hydrogen-bond donors (Lipinski definition) is 1. The Kier molecular flexibility index (Phi) is 3.79. The first kappa shape index (κ1) is 13.1. The second-order valence-corrected chi connectivity index (χ2v) is 4.28. The van der Waals surface area contributed by atoms with Crippen molar-refractivity contribution in [3.05, 3.63) is 42.0 Å². The lowest BCUT2D eigenvalue weighted by Crippen LogP contribution is -2.29. The van der Waals surface area contributed by atoms with Crippen LogP contribution in [0, 0.1) is 0 Å². The molecule has 1 amide bonds.